The molecule has 0 rings (SSSR count). The van der Waals surface area contributed by atoms with Gasteiger partial charge in [0.15, 0.2) is 9.04 Å². The molecule has 0 aromatic rings. The van der Waals surface area contributed by atoms with Gasteiger partial charge in [-0.05, 0) is 19.5 Å². The molecule has 2 heteroatoms. The minimum atomic E-state index is -0.750. The molecule has 0 atom stereocenters. The van der Waals surface area contributed by atoms with Gasteiger partial charge >= 0.3 is 0 Å². The maximum absolute atomic E-state index is 5.35. The van der Waals surface area contributed by atoms with Crippen molar-refractivity contribution in [2.45, 2.75) is 19.5 Å². The molecule has 0 aliphatic carbocycles. The third-order valence-corrected chi connectivity index (χ3v) is 1.68. The first-order valence-corrected chi connectivity index (χ1v) is 5.78. The van der Waals surface area contributed by atoms with Gasteiger partial charge in [0, 0.05) is 6.61 Å². The fourth-order valence-corrected chi connectivity index (χ4v) is 0.995. The summed E-state index contributed by atoms with van der Waals surface area (Å²) in [7, 11) is -0.750. The minimum absolute atomic E-state index is 0.750. The molecule has 0 N–H and O–H groups in total. The lowest BCUT2D eigenvalue weighted by atomic mass is 10.5. The summed E-state index contributed by atoms with van der Waals surface area (Å²) in [4.78, 5) is 0. The Balaban J connectivity index is 2.81. The van der Waals surface area contributed by atoms with E-state index in [1.165, 1.54) is 0 Å². The van der Waals surface area contributed by atoms with Crippen LogP contribution in [0, 0.1) is 0 Å². The van der Waals surface area contributed by atoms with Crippen molar-refractivity contribution < 1.29 is 4.43 Å². The van der Waals surface area contributed by atoms with Crippen LogP contribution < -0.4 is 0 Å². The highest BCUT2D eigenvalue weighted by Gasteiger charge is 1.90. The molecule has 0 radical (unpaired) electrons. The van der Waals surface area contributed by atoms with Gasteiger partial charge < -0.3 is 4.43 Å². The van der Waals surface area contributed by atoms with E-state index in [2.05, 4.69) is 19.7 Å². The first kappa shape index (κ1) is 7.92. The zero-order valence-corrected chi connectivity index (χ0v) is 6.84. The van der Waals surface area contributed by atoms with Crippen LogP contribution in [0.3, 0.4) is 0 Å². The van der Waals surface area contributed by atoms with Crippen molar-refractivity contribution in [2.24, 2.45) is 0 Å². The van der Waals surface area contributed by atoms with Crippen LogP contribution in [0.1, 0.15) is 6.42 Å². The first-order valence-electron chi connectivity index (χ1n) is 3.00. The van der Waals surface area contributed by atoms with Crippen LogP contribution in [0.2, 0.25) is 13.1 Å². The molecule has 0 aliphatic heterocycles. The molecule has 0 fully saturated rings. The Morgan fingerprint density at radius 1 is 1.62 bits per heavy atom. The maximum atomic E-state index is 5.35. The van der Waals surface area contributed by atoms with Gasteiger partial charge in [-0.15, -0.1) is 6.58 Å². The smallest absolute Gasteiger partial charge is 0.170 e. The van der Waals surface area contributed by atoms with E-state index in [0.29, 0.717) is 0 Å². The monoisotopic (exact) mass is 130 g/mol. The largest absolute Gasteiger partial charge is 0.420 e. The summed E-state index contributed by atoms with van der Waals surface area (Å²) in [6, 6.07) is 0. The summed E-state index contributed by atoms with van der Waals surface area (Å²) in [5.74, 6) is 0. The van der Waals surface area contributed by atoms with E-state index in [1.54, 1.807) is 0 Å². The SMILES string of the molecule is C=CCCO[SiH](C)C. The quantitative estimate of drug-likeness (QED) is 0.319. The van der Waals surface area contributed by atoms with E-state index in [0.717, 1.165) is 13.0 Å². The third kappa shape index (κ3) is 5.92. The van der Waals surface area contributed by atoms with Crippen LogP contribution in [0.15, 0.2) is 12.7 Å². The summed E-state index contributed by atoms with van der Waals surface area (Å²) in [5.41, 5.74) is 0. The van der Waals surface area contributed by atoms with Crippen LogP contribution in [0.4, 0.5) is 0 Å². The summed E-state index contributed by atoms with van der Waals surface area (Å²) in [6.45, 7) is 8.80. The summed E-state index contributed by atoms with van der Waals surface area (Å²) in [5, 5.41) is 0. The van der Waals surface area contributed by atoms with Gasteiger partial charge in [-0.1, -0.05) is 6.08 Å². The van der Waals surface area contributed by atoms with E-state index in [4.69, 9.17) is 4.43 Å². The van der Waals surface area contributed by atoms with Crippen molar-refractivity contribution in [2.75, 3.05) is 6.61 Å². The fraction of sp³-hybridized carbons (Fsp3) is 0.667. The van der Waals surface area contributed by atoms with Gasteiger partial charge in [0.1, 0.15) is 0 Å². The van der Waals surface area contributed by atoms with E-state index in [1.807, 2.05) is 6.08 Å². The molecule has 0 bridgehead atoms. The average molecular weight is 130 g/mol. The number of hydrogen-bond donors (Lipinski definition) is 0. The summed E-state index contributed by atoms with van der Waals surface area (Å²) >= 11 is 0. The molecule has 0 heterocycles. The zero-order chi connectivity index (χ0) is 6.41. The van der Waals surface area contributed by atoms with Crippen molar-refractivity contribution in [1.82, 2.24) is 0 Å². The molecule has 0 unspecified atom stereocenters. The molecule has 0 aliphatic rings. The second-order valence-electron chi connectivity index (χ2n) is 2.00. The van der Waals surface area contributed by atoms with E-state index < -0.39 is 9.04 Å². The standard InChI is InChI=1S/C6H14OSi/c1-4-5-6-7-8(2)3/h4,8H,1,5-6H2,2-3H3. The average Bonchev–Trinajstić information content (AvgIpc) is 1.66. The highest BCUT2D eigenvalue weighted by Crippen LogP contribution is 1.86. The van der Waals surface area contributed by atoms with Gasteiger partial charge in [0.25, 0.3) is 0 Å². The Labute approximate surface area is 53.1 Å². The highest BCUT2D eigenvalue weighted by atomic mass is 28.3. The Kier molecular flexibility index (Phi) is 5.01. The molecule has 1 nitrogen and oxygen atoms in total. The van der Waals surface area contributed by atoms with Crippen molar-refractivity contribution >= 4 is 9.04 Å². The van der Waals surface area contributed by atoms with Gasteiger partial charge in [0.2, 0.25) is 0 Å². The highest BCUT2D eigenvalue weighted by molar-refractivity contribution is 6.48. The molecule has 0 saturated carbocycles. The van der Waals surface area contributed by atoms with Crippen molar-refractivity contribution in [3.05, 3.63) is 12.7 Å². The van der Waals surface area contributed by atoms with Gasteiger partial charge in [-0.2, -0.15) is 0 Å². The van der Waals surface area contributed by atoms with E-state index >= 15 is 0 Å². The molecule has 0 aromatic heterocycles. The molecular formula is C6H14OSi. The first-order chi connectivity index (χ1) is 3.77. The lowest BCUT2D eigenvalue weighted by molar-refractivity contribution is 0.334. The third-order valence-electron chi connectivity index (χ3n) is 0.773. The molecule has 8 heavy (non-hydrogen) atoms. The molecule has 0 spiro atoms. The van der Waals surface area contributed by atoms with E-state index in [9.17, 15) is 0 Å². The zero-order valence-electron chi connectivity index (χ0n) is 5.68. The van der Waals surface area contributed by atoms with Gasteiger partial charge in [-0.3, -0.25) is 0 Å². The summed E-state index contributed by atoms with van der Waals surface area (Å²) in [6.07, 6.45) is 2.88. The van der Waals surface area contributed by atoms with Gasteiger partial charge in [0.05, 0.1) is 0 Å². The van der Waals surface area contributed by atoms with Crippen LogP contribution in [0.25, 0.3) is 0 Å². The molecule has 0 saturated heterocycles. The normalized spacial score (nSPS) is 9.88. The Morgan fingerprint density at radius 2 is 2.25 bits per heavy atom. The Hall–Kier alpha value is -0.0831. The Bertz CT molecular complexity index is 61.5. The number of rotatable bonds is 4. The van der Waals surface area contributed by atoms with E-state index in [-0.39, 0.29) is 0 Å². The predicted molar refractivity (Wildman–Crippen MR) is 39.6 cm³/mol. The molecule has 0 amide bonds. The predicted octanol–water partition coefficient (Wildman–Crippen LogP) is 1.56. The van der Waals surface area contributed by atoms with Crippen LogP contribution in [-0.4, -0.2) is 15.6 Å². The van der Waals surface area contributed by atoms with Crippen molar-refractivity contribution in [3.63, 3.8) is 0 Å². The maximum Gasteiger partial charge on any atom is 0.170 e. The molecular weight excluding hydrogens is 116 g/mol. The molecule has 48 valence electrons. The Morgan fingerprint density at radius 3 is 2.62 bits per heavy atom. The minimum Gasteiger partial charge on any atom is -0.420 e. The summed E-state index contributed by atoms with van der Waals surface area (Å²) < 4.78 is 5.35. The lowest BCUT2D eigenvalue weighted by Crippen LogP contribution is -2.07. The number of hydrogen-bond acceptors (Lipinski definition) is 1. The van der Waals surface area contributed by atoms with Crippen LogP contribution in [0.5, 0.6) is 0 Å². The fourth-order valence-electron chi connectivity index (χ4n) is 0.387. The second-order valence-corrected chi connectivity index (χ2v) is 4.43. The van der Waals surface area contributed by atoms with Crippen molar-refractivity contribution in [1.29, 1.82) is 0 Å². The van der Waals surface area contributed by atoms with Gasteiger partial charge in [-0.25, -0.2) is 0 Å². The van der Waals surface area contributed by atoms with Crippen LogP contribution in [-0.2, 0) is 4.43 Å². The lowest BCUT2D eigenvalue weighted by Gasteiger charge is -2.02. The topological polar surface area (TPSA) is 9.23 Å². The second kappa shape index (κ2) is 5.06. The van der Waals surface area contributed by atoms with Crippen LogP contribution >= 0.6 is 0 Å². The van der Waals surface area contributed by atoms with Crippen molar-refractivity contribution in [3.8, 4) is 0 Å². The molecule has 0 aromatic carbocycles.